The molecular weight excluding hydrogens is 444 g/mol. The lowest BCUT2D eigenvalue weighted by Crippen LogP contribution is -2.25. The number of nitrogens with zero attached hydrogens (tertiary/aromatic N) is 3. The van der Waals surface area contributed by atoms with E-state index >= 15 is 0 Å². The molecule has 4 aromatic rings. The Morgan fingerprint density at radius 2 is 1.82 bits per heavy atom. The molecule has 2 aromatic carbocycles. The minimum atomic E-state index is -0.0649. The molecule has 6 nitrogen and oxygen atoms in total. The minimum absolute atomic E-state index is 0.0649. The number of aromatic nitrogens is 3. The number of amides is 1. The molecule has 4 rings (SSSR count). The van der Waals surface area contributed by atoms with Crippen LogP contribution in [0.4, 0.5) is 0 Å². The predicted octanol–water partition coefficient (Wildman–Crippen LogP) is 5.32. The monoisotopic (exact) mass is 474 g/mol. The molecule has 0 radical (unpaired) electrons. The van der Waals surface area contributed by atoms with Crippen molar-refractivity contribution in [2.24, 2.45) is 0 Å². The van der Waals surface area contributed by atoms with E-state index in [9.17, 15) is 4.79 Å². The van der Waals surface area contributed by atoms with E-state index in [4.69, 9.17) is 9.72 Å². The predicted molar refractivity (Wildman–Crippen MR) is 137 cm³/mol. The zero-order valence-electron chi connectivity index (χ0n) is 19.6. The van der Waals surface area contributed by atoms with Crippen LogP contribution in [0.25, 0.3) is 11.2 Å². The lowest BCUT2D eigenvalue weighted by atomic mass is 10.1. The second-order valence-electron chi connectivity index (χ2n) is 8.33. The first-order valence-corrected chi connectivity index (χ1v) is 12.6. The minimum Gasteiger partial charge on any atom is -0.379 e. The number of nitrogens with one attached hydrogen (secondary N) is 1. The molecule has 176 valence electrons. The molecule has 7 heteroatoms. The average molecular weight is 475 g/mol. The average Bonchev–Trinajstić information content (AvgIpc) is 3.20. The van der Waals surface area contributed by atoms with Crippen LogP contribution in [0.15, 0.2) is 78.1 Å². The van der Waals surface area contributed by atoms with E-state index in [1.54, 1.807) is 18.0 Å². The Morgan fingerprint density at radius 3 is 2.59 bits per heavy atom. The Kier molecular flexibility index (Phi) is 8.33. The third-order valence-corrected chi connectivity index (χ3v) is 6.34. The summed E-state index contributed by atoms with van der Waals surface area (Å²) in [6.45, 7) is 5.90. The fourth-order valence-electron chi connectivity index (χ4n) is 3.55. The molecule has 0 saturated heterocycles. The van der Waals surface area contributed by atoms with Crippen LogP contribution >= 0.6 is 11.8 Å². The van der Waals surface area contributed by atoms with Gasteiger partial charge in [-0.1, -0.05) is 54.2 Å². The maximum Gasteiger partial charge on any atom is 0.251 e. The molecule has 0 fully saturated rings. The number of pyridine rings is 1. The third-order valence-electron chi connectivity index (χ3n) is 5.29. The molecule has 34 heavy (non-hydrogen) atoms. The molecule has 1 amide bonds. The van der Waals surface area contributed by atoms with Crippen LogP contribution in [0, 0.1) is 0 Å². The van der Waals surface area contributed by atoms with E-state index in [-0.39, 0.29) is 12.0 Å². The third kappa shape index (κ3) is 6.46. The lowest BCUT2D eigenvalue weighted by molar-refractivity contribution is 0.0757. The zero-order valence-corrected chi connectivity index (χ0v) is 20.4. The number of rotatable bonds is 11. The van der Waals surface area contributed by atoms with Crippen LogP contribution in [-0.2, 0) is 17.0 Å². The highest BCUT2D eigenvalue weighted by molar-refractivity contribution is 7.98. The molecule has 0 spiro atoms. The molecule has 0 atom stereocenters. The van der Waals surface area contributed by atoms with Crippen molar-refractivity contribution < 1.29 is 9.53 Å². The van der Waals surface area contributed by atoms with Gasteiger partial charge in [0, 0.05) is 30.7 Å². The van der Waals surface area contributed by atoms with E-state index < -0.39 is 0 Å². The first-order valence-electron chi connectivity index (χ1n) is 11.6. The fourth-order valence-corrected chi connectivity index (χ4v) is 4.51. The first-order chi connectivity index (χ1) is 16.6. The van der Waals surface area contributed by atoms with Crippen LogP contribution in [0.1, 0.15) is 41.8 Å². The van der Waals surface area contributed by atoms with Crippen molar-refractivity contribution >= 4 is 28.8 Å². The second-order valence-corrected chi connectivity index (χ2v) is 9.27. The van der Waals surface area contributed by atoms with Gasteiger partial charge in [-0.3, -0.25) is 9.36 Å². The highest BCUT2D eigenvalue weighted by Gasteiger charge is 2.13. The molecule has 0 unspecified atom stereocenters. The lowest BCUT2D eigenvalue weighted by Gasteiger charge is -2.10. The number of hydrogen-bond donors (Lipinski definition) is 1. The number of ether oxygens (including phenoxy) is 1. The summed E-state index contributed by atoms with van der Waals surface area (Å²) in [5, 5.41) is 3.89. The van der Waals surface area contributed by atoms with E-state index in [1.165, 1.54) is 5.56 Å². The topological polar surface area (TPSA) is 69.0 Å². The van der Waals surface area contributed by atoms with E-state index in [1.807, 2.05) is 56.3 Å². The Hall–Kier alpha value is -3.16. The van der Waals surface area contributed by atoms with Gasteiger partial charge >= 0.3 is 0 Å². The smallest absolute Gasteiger partial charge is 0.251 e. The zero-order chi connectivity index (χ0) is 23.8. The van der Waals surface area contributed by atoms with Crippen LogP contribution in [0.5, 0.6) is 0 Å². The molecule has 0 aliphatic rings. The van der Waals surface area contributed by atoms with E-state index in [0.29, 0.717) is 25.3 Å². The standard InChI is InChI=1S/C27H30N4O2S/c1-20(2)33-17-7-16-29-26(32)23-13-11-21(12-14-23)18-31-25-24(10-6-15-28-25)30-27(31)34-19-22-8-4-3-5-9-22/h3-6,8-15,20H,7,16-19H2,1-2H3,(H,29,32). The molecule has 0 saturated carbocycles. The Labute approximate surface area is 204 Å². The van der Waals surface area contributed by atoms with Crippen molar-refractivity contribution in [3.8, 4) is 0 Å². The highest BCUT2D eigenvalue weighted by Crippen LogP contribution is 2.27. The Morgan fingerprint density at radius 1 is 1.03 bits per heavy atom. The second kappa shape index (κ2) is 11.8. The van der Waals surface area contributed by atoms with Crippen molar-refractivity contribution in [3.05, 3.63) is 89.6 Å². The largest absolute Gasteiger partial charge is 0.379 e. The number of carbonyl (C=O) groups is 1. The van der Waals surface area contributed by atoms with Crippen molar-refractivity contribution in [1.82, 2.24) is 19.9 Å². The number of carbonyl (C=O) groups excluding carboxylic acids is 1. The fraction of sp³-hybridized carbons (Fsp3) is 0.296. The van der Waals surface area contributed by atoms with Gasteiger partial charge in [-0.25, -0.2) is 9.97 Å². The molecule has 0 aliphatic carbocycles. The molecule has 0 bridgehead atoms. The van der Waals surface area contributed by atoms with E-state index in [0.717, 1.165) is 34.1 Å². The van der Waals surface area contributed by atoms with Gasteiger partial charge in [0.15, 0.2) is 10.8 Å². The van der Waals surface area contributed by atoms with Gasteiger partial charge in [0.2, 0.25) is 0 Å². The van der Waals surface area contributed by atoms with Crippen LogP contribution < -0.4 is 5.32 Å². The summed E-state index contributed by atoms with van der Waals surface area (Å²) in [4.78, 5) is 21.8. The van der Waals surface area contributed by atoms with Crippen molar-refractivity contribution in [2.75, 3.05) is 13.2 Å². The van der Waals surface area contributed by atoms with Gasteiger partial charge < -0.3 is 10.1 Å². The van der Waals surface area contributed by atoms with Gasteiger partial charge in [0.05, 0.1) is 12.6 Å². The summed E-state index contributed by atoms with van der Waals surface area (Å²) in [7, 11) is 0. The quantitative estimate of drug-likeness (QED) is 0.235. The number of imidazole rings is 1. The summed E-state index contributed by atoms with van der Waals surface area (Å²) in [5.41, 5.74) is 4.75. The van der Waals surface area contributed by atoms with Crippen LogP contribution in [0.2, 0.25) is 0 Å². The number of fused-ring (bicyclic) bond motifs is 1. The molecule has 0 aliphatic heterocycles. The maximum absolute atomic E-state index is 12.4. The van der Waals surface area contributed by atoms with Gasteiger partial charge in [0.25, 0.3) is 5.91 Å². The molecular formula is C27H30N4O2S. The Balaban J connectivity index is 1.42. The summed E-state index contributed by atoms with van der Waals surface area (Å²) >= 11 is 1.71. The maximum atomic E-state index is 12.4. The summed E-state index contributed by atoms with van der Waals surface area (Å²) in [6.07, 6.45) is 2.81. The first kappa shape index (κ1) is 24.0. The van der Waals surface area contributed by atoms with Crippen molar-refractivity contribution in [2.45, 2.75) is 43.8 Å². The summed E-state index contributed by atoms with van der Waals surface area (Å²) in [6, 6.07) is 22.0. The summed E-state index contributed by atoms with van der Waals surface area (Å²) in [5.74, 6) is 0.774. The summed E-state index contributed by atoms with van der Waals surface area (Å²) < 4.78 is 7.66. The van der Waals surface area contributed by atoms with Crippen molar-refractivity contribution in [1.29, 1.82) is 0 Å². The molecule has 1 N–H and O–H groups in total. The van der Waals surface area contributed by atoms with Gasteiger partial charge in [-0.15, -0.1) is 0 Å². The molecule has 2 aromatic heterocycles. The SMILES string of the molecule is CC(C)OCCCNC(=O)c1ccc(Cn2c(SCc3ccccc3)nc3cccnc32)cc1. The Bertz CT molecular complexity index is 1210. The van der Waals surface area contributed by atoms with Gasteiger partial charge in [-0.2, -0.15) is 0 Å². The van der Waals surface area contributed by atoms with Crippen LogP contribution in [-0.4, -0.2) is 39.7 Å². The highest BCUT2D eigenvalue weighted by atomic mass is 32.2. The normalized spacial score (nSPS) is 11.3. The number of benzene rings is 2. The van der Waals surface area contributed by atoms with Gasteiger partial charge in [-0.05, 0) is 55.7 Å². The van der Waals surface area contributed by atoms with Gasteiger partial charge in [0.1, 0.15) is 5.52 Å². The molecule has 2 heterocycles. The van der Waals surface area contributed by atoms with Crippen molar-refractivity contribution in [3.63, 3.8) is 0 Å². The number of thioether (sulfide) groups is 1. The van der Waals surface area contributed by atoms with Crippen LogP contribution in [0.3, 0.4) is 0 Å². The van der Waals surface area contributed by atoms with E-state index in [2.05, 4.69) is 39.1 Å². The number of hydrogen-bond acceptors (Lipinski definition) is 5.